The van der Waals surface area contributed by atoms with Crippen molar-refractivity contribution in [2.24, 2.45) is 0 Å². The number of fused-ring (bicyclic) bond motifs is 7. The van der Waals surface area contributed by atoms with E-state index in [4.69, 9.17) is 0 Å². The van der Waals surface area contributed by atoms with Gasteiger partial charge >= 0.3 is 0 Å². The Morgan fingerprint density at radius 3 is 2.21 bits per heavy atom. The van der Waals surface area contributed by atoms with Gasteiger partial charge in [-0.25, -0.2) is 0 Å². The Morgan fingerprint density at radius 1 is 0.688 bits per heavy atom. The molecule has 3 heterocycles. The third-order valence-electron chi connectivity index (χ3n) is 12.8. The Labute approximate surface area is 287 Å². The van der Waals surface area contributed by atoms with Crippen molar-refractivity contribution in [2.75, 3.05) is 10.2 Å². The normalized spacial score (nSPS) is 22.8. The van der Waals surface area contributed by atoms with Crippen molar-refractivity contribution in [3.05, 3.63) is 119 Å². The van der Waals surface area contributed by atoms with E-state index in [2.05, 4.69) is 163 Å². The zero-order valence-electron chi connectivity index (χ0n) is 29.6. The van der Waals surface area contributed by atoms with Crippen LogP contribution in [0.1, 0.15) is 96.4 Å². The molecule has 1 saturated carbocycles. The van der Waals surface area contributed by atoms with Crippen molar-refractivity contribution in [3.8, 4) is 22.3 Å². The highest BCUT2D eigenvalue weighted by Crippen LogP contribution is 2.61. The smallest absolute Gasteiger partial charge is 0.197 e. The Hall–Kier alpha value is -4.24. The lowest BCUT2D eigenvalue weighted by molar-refractivity contribution is 0.195. The van der Waals surface area contributed by atoms with E-state index < -0.39 is 0 Å². The average Bonchev–Trinajstić information content (AvgIpc) is 3.29. The molecule has 2 nitrogen and oxygen atoms in total. The van der Waals surface area contributed by atoms with E-state index in [1.807, 2.05) is 0 Å². The SMILES string of the molecule is CC(C)(C)c1cc2c3c(c1)C1(C)CCCCC1(C)N3c1cc(-c3ccccc3)cc(-c3cccc4c3Nc3ccccc3C4(C)C)c1[B]2. The molecule has 48 heavy (non-hydrogen) atoms. The summed E-state index contributed by atoms with van der Waals surface area (Å²) in [6.45, 7) is 17.0. The molecule has 0 saturated heterocycles. The van der Waals surface area contributed by atoms with Crippen LogP contribution in [0.4, 0.5) is 22.7 Å². The van der Waals surface area contributed by atoms with Crippen molar-refractivity contribution in [1.82, 2.24) is 0 Å². The van der Waals surface area contributed by atoms with Crippen LogP contribution in [0.2, 0.25) is 0 Å². The molecule has 2 unspecified atom stereocenters. The summed E-state index contributed by atoms with van der Waals surface area (Å²) < 4.78 is 0. The van der Waals surface area contributed by atoms with Crippen LogP contribution in [-0.2, 0) is 16.2 Å². The van der Waals surface area contributed by atoms with Gasteiger partial charge in [-0.3, -0.25) is 0 Å². The van der Waals surface area contributed by atoms with Gasteiger partial charge in [0.2, 0.25) is 0 Å². The van der Waals surface area contributed by atoms with Gasteiger partial charge < -0.3 is 10.2 Å². The van der Waals surface area contributed by atoms with Gasteiger partial charge in [-0.15, -0.1) is 0 Å². The minimum Gasteiger partial charge on any atom is -0.355 e. The van der Waals surface area contributed by atoms with E-state index >= 15 is 0 Å². The predicted molar refractivity (Wildman–Crippen MR) is 206 cm³/mol. The maximum Gasteiger partial charge on any atom is 0.197 e. The fraction of sp³-hybridized carbons (Fsp3) is 0.333. The fourth-order valence-electron chi connectivity index (χ4n) is 9.78. The molecule has 3 aliphatic heterocycles. The molecule has 0 amide bonds. The summed E-state index contributed by atoms with van der Waals surface area (Å²) in [7, 11) is 2.54. The van der Waals surface area contributed by atoms with E-state index in [1.165, 1.54) is 98.3 Å². The lowest BCUT2D eigenvalue weighted by atomic mass is 9.57. The van der Waals surface area contributed by atoms with Crippen LogP contribution in [0.5, 0.6) is 0 Å². The van der Waals surface area contributed by atoms with Crippen molar-refractivity contribution >= 4 is 41.0 Å². The quantitative estimate of drug-likeness (QED) is 0.196. The van der Waals surface area contributed by atoms with Crippen LogP contribution in [0, 0.1) is 0 Å². The minimum atomic E-state index is -0.122. The summed E-state index contributed by atoms with van der Waals surface area (Å²) in [6.07, 6.45) is 4.98. The second-order valence-corrected chi connectivity index (χ2v) is 16.9. The zero-order valence-corrected chi connectivity index (χ0v) is 29.6. The minimum absolute atomic E-state index is 0.0102. The molecule has 3 heteroatoms. The second kappa shape index (κ2) is 9.91. The molecule has 5 aromatic carbocycles. The lowest BCUT2D eigenvalue weighted by Gasteiger charge is -2.51. The van der Waals surface area contributed by atoms with E-state index in [1.54, 1.807) is 5.56 Å². The molecule has 1 fully saturated rings. The topological polar surface area (TPSA) is 15.3 Å². The molecule has 1 N–H and O–H groups in total. The monoisotopic (exact) mass is 625 g/mol. The number of rotatable bonds is 2. The first kappa shape index (κ1) is 29.9. The molecule has 5 aromatic rings. The number of nitrogens with zero attached hydrogens (tertiary/aromatic N) is 1. The van der Waals surface area contributed by atoms with Crippen molar-refractivity contribution in [3.63, 3.8) is 0 Å². The molecule has 0 aromatic heterocycles. The molecular formula is C45H46BN2. The molecule has 2 atom stereocenters. The average molecular weight is 626 g/mol. The molecular weight excluding hydrogens is 579 g/mol. The summed E-state index contributed by atoms with van der Waals surface area (Å²) in [5.41, 5.74) is 18.7. The van der Waals surface area contributed by atoms with Crippen LogP contribution < -0.4 is 21.1 Å². The largest absolute Gasteiger partial charge is 0.355 e. The number of hydrogen-bond donors (Lipinski definition) is 1. The van der Waals surface area contributed by atoms with Crippen molar-refractivity contribution < 1.29 is 0 Å². The van der Waals surface area contributed by atoms with Gasteiger partial charge in [-0.2, -0.15) is 0 Å². The first-order valence-electron chi connectivity index (χ1n) is 18.0. The Morgan fingerprint density at radius 2 is 1.42 bits per heavy atom. The van der Waals surface area contributed by atoms with Crippen molar-refractivity contribution in [1.29, 1.82) is 0 Å². The van der Waals surface area contributed by atoms with Crippen LogP contribution in [0.3, 0.4) is 0 Å². The Kier molecular flexibility index (Phi) is 6.17. The van der Waals surface area contributed by atoms with Gasteiger partial charge in [0, 0.05) is 33.5 Å². The van der Waals surface area contributed by atoms with Crippen LogP contribution in [0.25, 0.3) is 22.3 Å². The second-order valence-electron chi connectivity index (χ2n) is 16.9. The van der Waals surface area contributed by atoms with Crippen LogP contribution in [0.15, 0.2) is 97.1 Å². The van der Waals surface area contributed by atoms with Gasteiger partial charge in [0.05, 0.1) is 11.2 Å². The number of nitrogens with one attached hydrogen (secondary N) is 1. The van der Waals surface area contributed by atoms with Gasteiger partial charge in [-0.1, -0.05) is 144 Å². The van der Waals surface area contributed by atoms with Crippen LogP contribution in [-0.4, -0.2) is 12.8 Å². The standard InChI is InChI=1S/C45H46BN2/c1-42(2,3)30-26-35-41-36(27-30)46-39-32(31-18-15-20-34-40(31)47-37-21-12-11-19-33(37)43(34,4)5)24-29(28-16-9-8-10-17-28)25-38(39)48(41)45(7)23-14-13-22-44(35,45)6/h8-12,15-21,24-27,47H,13-14,22-23H2,1-7H3. The Balaban J connectivity index is 1.35. The number of benzene rings is 5. The first-order chi connectivity index (χ1) is 22.9. The van der Waals surface area contributed by atoms with Crippen molar-refractivity contribution in [2.45, 2.75) is 95.9 Å². The molecule has 239 valence electrons. The maximum atomic E-state index is 3.94. The summed E-state index contributed by atoms with van der Waals surface area (Å²) in [6, 6.07) is 36.8. The summed E-state index contributed by atoms with van der Waals surface area (Å²) >= 11 is 0. The van der Waals surface area contributed by atoms with Gasteiger partial charge in [0.1, 0.15) is 0 Å². The molecule has 4 aliphatic rings. The van der Waals surface area contributed by atoms with E-state index in [9.17, 15) is 0 Å². The van der Waals surface area contributed by atoms with E-state index in [-0.39, 0.29) is 21.8 Å². The number of para-hydroxylation sites is 2. The molecule has 0 spiro atoms. The third kappa shape index (κ3) is 3.94. The van der Waals surface area contributed by atoms with Gasteiger partial charge in [0.25, 0.3) is 0 Å². The summed E-state index contributed by atoms with van der Waals surface area (Å²) in [5, 5.41) is 3.94. The molecule has 9 rings (SSSR count). The molecule has 0 bridgehead atoms. The highest BCUT2D eigenvalue weighted by molar-refractivity contribution is 6.73. The van der Waals surface area contributed by atoms with E-state index in [0.717, 1.165) is 0 Å². The Bertz CT molecular complexity index is 2140. The lowest BCUT2D eigenvalue weighted by Crippen LogP contribution is -2.57. The zero-order chi connectivity index (χ0) is 33.2. The first-order valence-corrected chi connectivity index (χ1v) is 18.0. The summed E-state index contributed by atoms with van der Waals surface area (Å²) in [4.78, 5) is 2.82. The summed E-state index contributed by atoms with van der Waals surface area (Å²) in [5.74, 6) is 0. The van der Waals surface area contributed by atoms with Gasteiger partial charge in [-0.05, 0) is 82.3 Å². The highest BCUT2D eigenvalue weighted by atomic mass is 15.3. The van der Waals surface area contributed by atoms with Crippen LogP contribution >= 0.6 is 0 Å². The van der Waals surface area contributed by atoms with Gasteiger partial charge in [0.15, 0.2) is 7.28 Å². The molecule has 1 aliphatic carbocycles. The highest BCUT2D eigenvalue weighted by Gasteiger charge is 2.59. The molecule has 1 radical (unpaired) electrons. The third-order valence-corrected chi connectivity index (χ3v) is 12.8. The van der Waals surface area contributed by atoms with E-state index in [0.29, 0.717) is 0 Å². The maximum absolute atomic E-state index is 3.94. The predicted octanol–water partition coefficient (Wildman–Crippen LogP) is 10.4. The number of anilines is 4. The fourth-order valence-corrected chi connectivity index (χ4v) is 9.78. The number of hydrogen-bond acceptors (Lipinski definition) is 2.